The second-order valence-corrected chi connectivity index (χ2v) is 2.83. The molecule has 0 aliphatic rings. The first-order chi connectivity index (χ1) is 6.20. The van der Waals surface area contributed by atoms with Crippen LogP contribution in [0.1, 0.15) is 19.4 Å². The first kappa shape index (κ1) is 9.45. The predicted octanol–water partition coefficient (Wildman–Crippen LogP) is 1.93. The molecule has 0 fully saturated rings. The fourth-order valence-corrected chi connectivity index (χ4v) is 0.837. The molecule has 3 nitrogen and oxygen atoms in total. The second kappa shape index (κ2) is 4.40. The first-order valence-electron chi connectivity index (χ1n) is 4.06. The van der Waals surface area contributed by atoms with Crippen LogP contribution < -0.4 is 5.43 Å². The van der Waals surface area contributed by atoms with Crippen molar-refractivity contribution in [3.05, 3.63) is 42.4 Å². The van der Waals surface area contributed by atoms with Crippen LogP contribution in [-0.4, -0.2) is 10.7 Å². The molecular weight excluding hydrogens is 162 g/mol. The summed E-state index contributed by atoms with van der Waals surface area (Å²) in [4.78, 5) is 3.93. The lowest BCUT2D eigenvalue weighted by molar-refractivity contribution is 0.892. The first-order valence-corrected chi connectivity index (χ1v) is 4.06. The highest BCUT2D eigenvalue weighted by atomic mass is 15.3. The summed E-state index contributed by atoms with van der Waals surface area (Å²) in [7, 11) is 0. The Bertz CT molecular complexity index is 314. The maximum Gasteiger partial charge on any atom is 0.0649 e. The SMILES string of the molecule is C=C(C)N/N=C(\C)c1ccncc1. The fraction of sp³-hybridized carbons (Fsp3) is 0.200. The van der Waals surface area contributed by atoms with Gasteiger partial charge in [0.1, 0.15) is 0 Å². The fourth-order valence-electron chi connectivity index (χ4n) is 0.837. The van der Waals surface area contributed by atoms with Gasteiger partial charge in [-0.25, -0.2) is 0 Å². The van der Waals surface area contributed by atoms with E-state index < -0.39 is 0 Å². The standard InChI is InChI=1S/C10H13N3/c1-8(2)12-13-9(3)10-4-6-11-7-5-10/h4-7,12H,1H2,2-3H3/b13-9+. The summed E-state index contributed by atoms with van der Waals surface area (Å²) >= 11 is 0. The van der Waals surface area contributed by atoms with Gasteiger partial charge in [-0.3, -0.25) is 10.4 Å². The third-order valence-electron chi connectivity index (χ3n) is 1.51. The Morgan fingerprint density at radius 1 is 1.38 bits per heavy atom. The van der Waals surface area contributed by atoms with E-state index in [1.807, 2.05) is 26.0 Å². The molecule has 0 unspecified atom stereocenters. The normalized spacial score (nSPS) is 11.1. The highest BCUT2D eigenvalue weighted by Gasteiger charge is 1.94. The third-order valence-corrected chi connectivity index (χ3v) is 1.51. The van der Waals surface area contributed by atoms with Crippen molar-refractivity contribution in [3.8, 4) is 0 Å². The number of aromatic nitrogens is 1. The zero-order chi connectivity index (χ0) is 9.68. The van der Waals surface area contributed by atoms with Crippen LogP contribution in [0.25, 0.3) is 0 Å². The number of hydrogen-bond donors (Lipinski definition) is 1. The van der Waals surface area contributed by atoms with Gasteiger partial charge in [0.05, 0.1) is 5.71 Å². The van der Waals surface area contributed by atoms with E-state index in [2.05, 4.69) is 22.1 Å². The second-order valence-electron chi connectivity index (χ2n) is 2.83. The van der Waals surface area contributed by atoms with Crippen molar-refractivity contribution in [2.45, 2.75) is 13.8 Å². The van der Waals surface area contributed by atoms with Gasteiger partial charge in [-0.2, -0.15) is 5.10 Å². The average Bonchev–Trinajstić information content (AvgIpc) is 2.15. The maximum absolute atomic E-state index is 4.13. The molecule has 1 rings (SSSR count). The Kier molecular flexibility index (Phi) is 3.20. The average molecular weight is 175 g/mol. The number of allylic oxidation sites excluding steroid dienone is 1. The van der Waals surface area contributed by atoms with Crippen molar-refractivity contribution >= 4 is 5.71 Å². The Morgan fingerprint density at radius 3 is 2.54 bits per heavy atom. The molecule has 1 heterocycles. The molecule has 3 heteroatoms. The summed E-state index contributed by atoms with van der Waals surface area (Å²) in [6.07, 6.45) is 3.49. The number of pyridine rings is 1. The molecule has 0 aromatic carbocycles. The minimum atomic E-state index is 0.827. The summed E-state index contributed by atoms with van der Waals surface area (Å²) in [5, 5.41) is 4.13. The predicted molar refractivity (Wildman–Crippen MR) is 54.4 cm³/mol. The zero-order valence-corrected chi connectivity index (χ0v) is 7.91. The van der Waals surface area contributed by atoms with Crippen LogP contribution in [0.15, 0.2) is 41.9 Å². The number of hydrazone groups is 1. The molecule has 68 valence electrons. The third kappa shape index (κ3) is 3.07. The van der Waals surface area contributed by atoms with Gasteiger partial charge >= 0.3 is 0 Å². The van der Waals surface area contributed by atoms with Gasteiger partial charge in [0.15, 0.2) is 0 Å². The summed E-state index contributed by atoms with van der Waals surface area (Å²) < 4.78 is 0. The van der Waals surface area contributed by atoms with Crippen LogP contribution in [0.5, 0.6) is 0 Å². The van der Waals surface area contributed by atoms with Gasteiger partial charge in [0, 0.05) is 23.7 Å². The topological polar surface area (TPSA) is 37.3 Å². The molecule has 0 saturated carbocycles. The summed E-state index contributed by atoms with van der Waals surface area (Å²) in [5.74, 6) is 0. The van der Waals surface area contributed by atoms with Gasteiger partial charge < -0.3 is 0 Å². The van der Waals surface area contributed by atoms with E-state index in [0.717, 1.165) is 17.0 Å². The van der Waals surface area contributed by atoms with E-state index in [0.29, 0.717) is 0 Å². The largest absolute Gasteiger partial charge is 0.283 e. The van der Waals surface area contributed by atoms with E-state index in [1.54, 1.807) is 12.4 Å². The Hall–Kier alpha value is -1.64. The van der Waals surface area contributed by atoms with Gasteiger partial charge in [0.2, 0.25) is 0 Å². The Labute approximate surface area is 78.2 Å². The summed E-state index contributed by atoms with van der Waals surface area (Å²) in [6.45, 7) is 7.49. The van der Waals surface area contributed by atoms with E-state index in [4.69, 9.17) is 0 Å². The van der Waals surface area contributed by atoms with Crippen molar-refractivity contribution < 1.29 is 0 Å². The number of hydrogen-bond acceptors (Lipinski definition) is 3. The lowest BCUT2D eigenvalue weighted by Crippen LogP contribution is -2.06. The molecule has 0 aliphatic heterocycles. The highest BCUT2D eigenvalue weighted by Crippen LogP contribution is 1.98. The molecule has 1 aromatic rings. The van der Waals surface area contributed by atoms with E-state index >= 15 is 0 Å². The van der Waals surface area contributed by atoms with Gasteiger partial charge in [-0.05, 0) is 26.0 Å². The molecule has 0 amide bonds. The molecule has 0 atom stereocenters. The van der Waals surface area contributed by atoms with E-state index in [1.165, 1.54) is 0 Å². The number of nitrogens with zero attached hydrogens (tertiary/aromatic N) is 2. The minimum Gasteiger partial charge on any atom is -0.283 e. The Morgan fingerprint density at radius 2 is 2.00 bits per heavy atom. The van der Waals surface area contributed by atoms with E-state index in [9.17, 15) is 0 Å². The summed E-state index contributed by atoms with van der Waals surface area (Å²) in [6, 6.07) is 3.83. The van der Waals surface area contributed by atoms with Crippen molar-refractivity contribution in [3.63, 3.8) is 0 Å². The van der Waals surface area contributed by atoms with Crippen LogP contribution in [-0.2, 0) is 0 Å². The van der Waals surface area contributed by atoms with Crippen molar-refractivity contribution in [2.75, 3.05) is 0 Å². The van der Waals surface area contributed by atoms with Crippen LogP contribution in [0.2, 0.25) is 0 Å². The van der Waals surface area contributed by atoms with Crippen LogP contribution >= 0.6 is 0 Å². The van der Waals surface area contributed by atoms with Gasteiger partial charge in [-0.15, -0.1) is 0 Å². The van der Waals surface area contributed by atoms with Crippen LogP contribution in [0.4, 0.5) is 0 Å². The highest BCUT2D eigenvalue weighted by molar-refractivity contribution is 5.98. The molecule has 0 saturated heterocycles. The monoisotopic (exact) mass is 175 g/mol. The lowest BCUT2D eigenvalue weighted by Gasteiger charge is -2.01. The van der Waals surface area contributed by atoms with E-state index in [-0.39, 0.29) is 0 Å². The molecule has 1 N–H and O–H groups in total. The van der Waals surface area contributed by atoms with Crippen molar-refractivity contribution in [1.29, 1.82) is 0 Å². The van der Waals surface area contributed by atoms with Crippen LogP contribution in [0.3, 0.4) is 0 Å². The zero-order valence-electron chi connectivity index (χ0n) is 7.91. The molecule has 0 bridgehead atoms. The van der Waals surface area contributed by atoms with Crippen LogP contribution in [0, 0.1) is 0 Å². The maximum atomic E-state index is 4.13. The molecule has 0 spiro atoms. The molecular formula is C10H13N3. The van der Waals surface area contributed by atoms with Gasteiger partial charge in [0.25, 0.3) is 0 Å². The molecule has 13 heavy (non-hydrogen) atoms. The number of nitrogens with one attached hydrogen (secondary N) is 1. The quantitative estimate of drug-likeness (QED) is 0.563. The van der Waals surface area contributed by atoms with Crippen molar-refractivity contribution in [2.24, 2.45) is 5.10 Å². The Balaban J connectivity index is 2.73. The number of rotatable bonds is 3. The lowest BCUT2D eigenvalue weighted by atomic mass is 10.2. The van der Waals surface area contributed by atoms with Gasteiger partial charge in [-0.1, -0.05) is 6.58 Å². The molecule has 1 aromatic heterocycles. The smallest absolute Gasteiger partial charge is 0.0649 e. The van der Waals surface area contributed by atoms with Crippen molar-refractivity contribution in [1.82, 2.24) is 10.4 Å². The molecule has 0 radical (unpaired) electrons. The molecule has 0 aliphatic carbocycles. The minimum absolute atomic E-state index is 0.827. The summed E-state index contributed by atoms with van der Waals surface area (Å²) in [5.41, 5.74) is 5.62.